The zero-order valence-electron chi connectivity index (χ0n) is 23.4. The van der Waals surface area contributed by atoms with Crippen LogP contribution in [0.3, 0.4) is 0 Å². The van der Waals surface area contributed by atoms with E-state index in [1.54, 1.807) is 6.92 Å². The van der Waals surface area contributed by atoms with Gasteiger partial charge in [0, 0.05) is 87.5 Å². The van der Waals surface area contributed by atoms with Crippen molar-refractivity contribution in [3.8, 4) is 5.75 Å². The van der Waals surface area contributed by atoms with Crippen LogP contribution in [0.25, 0.3) is 0 Å². The third-order valence-electron chi connectivity index (χ3n) is 7.14. The van der Waals surface area contributed by atoms with Crippen molar-refractivity contribution in [1.82, 2.24) is 0 Å². The Labute approximate surface area is 225 Å². The molecule has 4 rings (SSSR count). The molecule has 0 fully saturated rings. The van der Waals surface area contributed by atoms with Crippen LogP contribution < -0.4 is 19.4 Å². The van der Waals surface area contributed by atoms with Gasteiger partial charge in [0.15, 0.2) is 5.60 Å². The number of anilines is 3. The number of ether oxygens (including phenoxy) is 2. The van der Waals surface area contributed by atoms with Gasteiger partial charge in [-0.05, 0) is 50.2 Å². The highest BCUT2D eigenvalue weighted by Gasteiger charge is 2.50. The predicted octanol–water partition coefficient (Wildman–Crippen LogP) is 5.44. The van der Waals surface area contributed by atoms with Crippen LogP contribution in [0, 0.1) is 0 Å². The first-order chi connectivity index (χ1) is 18.2. The molecule has 7 heteroatoms. The lowest BCUT2D eigenvalue weighted by atomic mass is 9.79. The number of carbonyl (C=O) groups is 2. The Morgan fingerprint density at radius 2 is 1.37 bits per heavy atom. The quantitative estimate of drug-likeness (QED) is 0.278. The number of cyclic esters (lactones) is 1. The van der Waals surface area contributed by atoms with E-state index in [1.807, 2.05) is 98.7 Å². The molecule has 200 valence electrons. The molecule has 0 bridgehead atoms. The van der Waals surface area contributed by atoms with Gasteiger partial charge < -0.3 is 24.2 Å². The topological polar surface area (TPSA) is 62.3 Å². The van der Waals surface area contributed by atoms with Crippen LogP contribution in [0.4, 0.5) is 17.1 Å². The molecule has 0 aromatic heterocycles. The Hall–Kier alpha value is -4.00. The summed E-state index contributed by atoms with van der Waals surface area (Å²) in [4.78, 5) is 32.2. The van der Waals surface area contributed by atoms with E-state index in [0.29, 0.717) is 16.9 Å². The van der Waals surface area contributed by atoms with Crippen molar-refractivity contribution in [2.75, 3.05) is 56.0 Å². The first-order valence-corrected chi connectivity index (χ1v) is 13.1. The molecule has 3 aromatic carbocycles. The Morgan fingerprint density at radius 3 is 1.95 bits per heavy atom. The van der Waals surface area contributed by atoms with Crippen molar-refractivity contribution < 1.29 is 19.1 Å². The summed E-state index contributed by atoms with van der Waals surface area (Å²) in [5, 5.41) is 0. The summed E-state index contributed by atoms with van der Waals surface area (Å²) in [5.41, 5.74) is 4.16. The number of hydrogen-bond donors (Lipinski definition) is 0. The molecule has 1 heterocycles. The first-order valence-electron chi connectivity index (χ1n) is 13.1. The molecule has 1 aliphatic heterocycles. The minimum absolute atomic E-state index is 0.224. The van der Waals surface area contributed by atoms with Gasteiger partial charge in [-0.1, -0.05) is 25.1 Å². The standard InChI is InChI=1S/C31H37N3O4/c1-8-29(35)37-28-20-24(34(9-2)10-3)16-18-27(28)31(21-11-13-22(14-12-21)32(4)5)26-17-15-23(33(6)7)19-25(26)30(36)38-31/h11-20H,8-10H2,1-7H3. The second-order valence-electron chi connectivity index (χ2n) is 9.82. The summed E-state index contributed by atoms with van der Waals surface area (Å²) < 4.78 is 12.3. The normalized spacial score (nSPS) is 16.0. The zero-order chi connectivity index (χ0) is 27.6. The summed E-state index contributed by atoms with van der Waals surface area (Å²) in [5.74, 6) is -0.384. The molecule has 0 amide bonds. The molecule has 7 nitrogen and oxygen atoms in total. The predicted molar refractivity (Wildman–Crippen MR) is 153 cm³/mol. The summed E-state index contributed by atoms with van der Waals surface area (Å²) in [6.07, 6.45) is 0.224. The monoisotopic (exact) mass is 515 g/mol. The van der Waals surface area contributed by atoms with Gasteiger partial charge in [-0.2, -0.15) is 0 Å². The van der Waals surface area contributed by atoms with Gasteiger partial charge in [-0.3, -0.25) is 4.79 Å². The van der Waals surface area contributed by atoms with Crippen LogP contribution >= 0.6 is 0 Å². The molecule has 0 saturated heterocycles. The summed E-state index contributed by atoms with van der Waals surface area (Å²) in [6, 6.07) is 19.5. The number of nitrogens with zero attached hydrogens (tertiary/aromatic N) is 3. The number of fused-ring (bicyclic) bond motifs is 1. The molecule has 1 atom stereocenters. The highest BCUT2D eigenvalue weighted by molar-refractivity contribution is 5.97. The largest absolute Gasteiger partial charge is 0.440 e. The minimum Gasteiger partial charge on any atom is -0.440 e. The van der Waals surface area contributed by atoms with E-state index in [9.17, 15) is 9.59 Å². The van der Waals surface area contributed by atoms with Crippen molar-refractivity contribution in [1.29, 1.82) is 0 Å². The van der Waals surface area contributed by atoms with E-state index in [1.165, 1.54) is 0 Å². The molecule has 38 heavy (non-hydrogen) atoms. The van der Waals surface area contributed by atoms with E-state index in [0.717, 1.165) is 41.3 Å². The average molecular weight is 516 g/mol. The second-order valence-corrected chi connectivity index (χ2v) is 9.82. The van der Waals surface area contributed by atoms with Crippen molar-refractivity contribution in [2.24, 2.45) is 0 Å². The van der Waals surface area contributed by atoms with Crippen molar-refractivity contribution in [3.05, 3.63) is 82.9 Å². The summed E-state index contributed by atoms with van der Waals surface area (Å²) >= 11 is 0. The molecule has 0 N–H and O–H groups in total. The van der Waals surface area contributed by atoms with E-state index in [2.05, 4.69) is 18.7 Å². The van der Waals surface area contributed by atoms with Crippen molar-refractivity contribution in [2.45, 2.75) is 32.8 Å². The Morgan fingerprint density at radius 1 is 0.789 bits per heavy atom. The SMILES string of the molecule is CCC(=O)Oc1cc(N(CC)CC)ccc1C1(c2ccc(N(C)C)cc2)OC(=O)c2cc(N(C)C)ccc21. The van der Waals surface area contributed by atoms with Gasteiger partial charge >= 0.3 is 11.9 Å². The molecule has 1 unspecified atom stereocenters. The molecule has 3 aromatic rings. The van der Waals surface area contributed by atoms with E-state index in [-0.39, 0.29) is 12.4 Å². The molecular weight excluding hydrogens is 478 g/mol. The first kappa shape index (κ1) is 27.0. The lowest BCUT2D eigenvalue weighted by Crippen LogP contribution is -2.31. The Bertz CT molecular complexity index is 1330. The highest BCUT2D eigenvalue weighted by atomic mass is 16.6. The van der Waals surface area contributed by atoms with Gasteiger partial charge in [0.25, 0.3) is 0 Å². The van der Waals surface area contributed by atoms with Gasteiger partial charge in [0.2, 0.25) is 0 Å². The number of esters is 2. The molecular formula is C31H37N3O4. The molecule has 0 radical (unpaired) electrons. The lowest BCUT2D eigenvalue weighted by Gasteiger charge is -2.33. The smallest absolute Gasteiger partial charge is 0.340 e. The number of rotatable bonds is 9. The van der Waals surface area contributed by atoms with Crippen LogP contribution in [0.5, 0.6) is 5.75 Å². The number of hydrogen-bond acceptors (Lipinski definition) is 7. The van der Waals surface area contributed by atoms with E-state index < -0.39 is 11.6 Å². The fourth-order valence-electron chi connectivity index (χ4n) is 4.97. The van der Waals surface area contributed by atoms with Gasteiger partial charge in [0.05, 0.1) is 5.56 Å². The van der Waals surface area contributed by atoms with Crippen LogP contribution in [-0.2, 0) is 15.1 Å². The maximum absolute atomic E-state index is 13.5. The van der Waals surface area contributed by atoms with Crippen LogP contribution in [0.2, 0.25) is 0 Å². The third kappa shape index (κ3) is 4.69. The van der Waals surface area contributed by atoms with Gasteiger partial charge in [-0.25, -0.2) is 4.79 Å². The fraction of sp³-hybridized carbons (Fsp3) is 0.355. The molecule has 0 spiro atoms. The summed E-state index contributed by atoms with van der Waals surface area (Å²) in [6.45, 7) is 7.54. The van der Waals surface area contributed by atoms with Gasteiger partial charge in [-0.15, -0.1) is 0 Å². The van der Waals surface area contributed by atoms with Crippen LogP contribution in [0.1, 0.15) is 54.2 Å². The maximum atomic E-state index is 13.5. The molecule has 0 aliphatic carbocycles. The zero-order valence-corrected chi connectivity index (χ0v) is 23.4. The molecule has 0 saturated carbocycles. The van der Waals surface area contributed by atoms with Gasteiger partial charge in [0.1, 0.15) is 5.75 Å². The third-order valence-corrected chi connectivity index (χ3v) is 7.14. The second kappa shape index (κ2) is 10.8. The number of carbonyl (C=O) groups excluding carboxylic acids is 2. The maximum Gasteiger partial charge on any atom is 0.340 e. The Kier molecular flexibility index (Phi) is 7.67. The Balaban J connectivity index is 2.03. The highest BCUT2D eigenvalue weighted by Crippen LogP contribution is 2.51. The number of benzene rings is 3. The van der Waals surface area contributed by atoms with E-state index >= 15 is 0 Å². The van der Waals surface area contributed by atoms with Crippen LogP contribution in [-0.4, -0.2) is 53.2 Å². The van der Waals surface area contributed by atoms with Crippen molar-refractivity contribution in [3.63, 3.8) is 0 Å². The minimum atomic E-state index is -1.28. The lowest BCUT2D eigenvalue weighted by molar-refractivity contribution is -0.134. The average Bonchev–Trinajstić information content (AvgIpc) is 3.21. The van der Waals surface area contributed by atoms with Crippen molar-refractivity contribution >= 4 is 29.0 Å². The molecule has 1 aliphatic rings. The fourth-order valence-corrected chi connectivity index (χ4v) is 4.97. The van der Waals surface area contributed by atoms with Crippen LogP contribution in [0.15, 0.2) is 60.7 Å². The summed E-state index contributed by atoms with van der Waals surface area (Å²) in [7, 11) is 7.83. The van der Waals surface area contributed by atoms with E-state index in [4.69, 9.17) is 9.47 Å².